The van der Waals surface area contributed by atoms with Crippen molar-refractivity contribution in [2.45, 2.75) is 0 Å². The molecule has 4 nitrogen and oxygen atoms in total. The lowest BCUT2D eigenvalue weighted by atomic mass is 10.1. The lowest BCUT2D eigenvalue weighted by Gasteiger charge is -2.19. The molecular formula is C18H8Cl4O4. The monoisotopic (exact) mass is 428 g/mol. The van der Waals surface area contributed by atoms with Gasteiger partial charge in [-0.05, 0) is 24.3 Å². The minimum Gasteiger partial charge on any atom is -0.450 e. The summed E-state index contributed by atoms with van der Waals surface area (Å²) >= 11 is 24.1. The Hall–Kier alpha value is -1.98. The van der Waals surface area contributed by atoms with E-state index in [1.54, 1.807) is 36.4 Å². The van der Waals surface area contributed by atoms with Gasteiger partial charge in [-0.1, -0.05) is 70.7 Å². The second-order valence-electron chi connectivity index (χ2n) is 5.01. The summed E-state index contributed by atoms with van der Waals surface area (Å²) in [6, 6.07) is 12.8. The lowest BCUT2D eigenvalue weighted by Crippen LogP contribution is -2.25. The molecule has 8 heteroatoms. The Kier molecular flexibility index (Phi) is 5.58. The topological polar surface area (TPSA) is 52.6 Å². The maximum atomic E-state index is 12.5. The zero-order chi connectivity index (χ0) is 18.8. The van der Waals surface area contributed by atoms with Gasteiger partial charge in [-0.25, -0.2) is 0 Å². The van der Waals surface area contributed by atoms with Gasteiger partial charge in [0.15, 0.2) is 11.5 Å². The van der Waals surface area contributed by atoms with E-state index in [9.17, 15) is 9.59 Å². The van der Waals surface area contributed by atoms with Crippen LogP contribution in [-0.4, -0.2) is 11.6 Å². The van der Waals surface area contributed by atoms with Crippen molar-refractivity contribution >= 4 is 58.0 Å². The molecule has 26 heavy (non-hydrogen) atoms. The van der Waals surface area contributed by atoms with E-state index in [2.05, 4.69) is 0 Å². The summed E-state index contributed by atoms with van der Waals surface area (Å²) in [5.74, 6) is -2.16. The quantitative estimate of drug-likeness (QED) is 0.601. The summed E-state index contributed by atoms with van der Waals surface area (Å²) in [4.78, 5) is 25.0. The van der Waals surface area contributed by atoms with Gasteiger partial charge >= 0.3 is 0 Å². The molecular weight excluding hydrogens is 422 g/mol. The van der Waals surface area contributed by atoms with Crippen LogP contribution in [0.2, 0.25) is 10.0 Å². The second kappa shape index (κ2) is 7.72. The van der Waals surface area contributed by atoms with Gasteiger partial charge < -0.3 is 9.47 Å². The molecule has 3 rings (SSSR count). The lowest BCUT2D eigenvalue weighted by molar-refractivity contribution is -0.118. The van der Waals surface area contributed by atoms with E-state index in [1.807, 2.05) is 0 Å². The number of benzene rings is 2. The van der Waals surface area contributed by atoms with Gasteiger partial charge in [0.1, 0.15) is 21.6 Å². The van der Waals surface area contributed by atoms with Crippen LogP contribution < -0.4 is 9.47 Å². The highest BCUT2D eigenvalue weighted by atomic mass is 35.5. The highest BCUT2D eigenvalue weighted by molar-refractivity contribution is 6.55. The molecule has 0 atom stereocenters. The van der Waals surface area contributed by atoms with Crippen molar-refractivity contribution in [2.75, 3.05) is 0 Å². The maximum Gasteiger partial charge on any atom is 0.245 e. The van der Waals surface area contributed by atoms with E-state index >= 15 is 0 Å². The summed E-state index contributed by atoms with van der Waals surface area (Å²) < 4.78 is 10.8. The number of ketones is 2. The molecule has 0 saturated heterocycles. The molecule has 2 aromatic rings. The third-order valence-corrected chi connectivity index (χ3v) is 4.62. The normalized spacial score (nSPS) is 14.8. The van der Waals surface area contributed by atoms with Crippen molar-refractivity contribution in [1.29, 1.82) is 0 Å². The molecule has 0 spiro atoms. The third-order valence-electron chi connectivity index (χ3n) is 3.31. The van der Waals surface area contributed by atoms with Gasteiger partial charge in [-0.15, -0.1) is 0 Å². The largest absolute Gasteiger partial charge is 0.450 e. The fourth-order valence-corrected chi connectivity index (χ4v) is 2.83. The number of rotatable bonds is 4. The number of allylic oxidation sites excluding steroid dienone is 2. The van der Waals surface area contributed by atoms with Crippen LogP contribution in [-0.2, 0) is 9.59 Å². The number of Topliss-reactive ketones (excluding diaryl/α,β-unsaturated/α-hetero) is 2. The Morgan fingerprint density at radius 1 is 0.577 bits per heavy atom. The number of hydrogen-bond acceptors (Lipinski definition) is 4. The van der Waals surface area contributed by atoms with Crippen molar-refractivity contribution in [3.8, 4) is 11.5 Å². The summed E-state index contributed by atoms with van der Waals surface area (Å²) in [6.45, 7) is 0. The number of carbonyl (C=O) groups is 2. The van der Waals surface area contributed by atoms with Crippen molar-refractivity contribution in [2.24, 2.45) is 0 Å². The Morgan fingerprint density at radius 3 is 1.27 bits per heavy atom. The number of para-hydroxylation sites is 2. The third kappa shape index (κ3) is 3.60. The van der Waals surface area contributed by atoms with Crippen LogP contribution in [0.4, 0.5) is 0 Å². The summed E-state index contributed by atoms with van der Waals surface area (Å²) in [7, 11) is 0. The molecule has 2 aromatic carbocycles. The van der Waals surface area contributed by atoms with E-state index in [1.165, 1.54) is 12.1 Å². The average molecular weight is 430 g/mol. The zero-order valence-corrected chi connectivity index (χ0v) is 15.8. The van der Waals surface area contributed by atoms with Crippen LogP contribution >= 0.6 is 46.4 Å². The number of carbonyl (C=O) groups excluding carboxylic acids is 2. The van der Waals surface area contributed by atoms with Crippen molar-refractivity contribution in [1.82, 2.24) is 0 Å². The highest BCUT2D eigenvalue weighted by Crippen LogP contribution is 2.35. The molecule has 0 unspecified atom stereocenters. The molecule has 0 fully saturated rings. The van der Waals surface area contributed by atoms with E-state index in [0.29, 0.717) is 0 Å². The molecule has 0 aliphatic heterocycles. The molecule has 0 saturated carbocycles. The molecule has 0 N–H and O–H groups in total. The van der Waals surface area contributed by atoms with Gasteiger partial charge in [0.2, 0.25) is 11.6 Å². The molecule has 0 radical (unpaired) electrons. The predicted octanol–water partition coefficient (Wildman–Crippen LogP) is 5.50. The van der Waals surface area contributed by atoms with Crippen LogP contribution in [0, 0.1) is 0 Å². The van der Waals surface area contributed by atoms with Crippen LogP contribution in [0.25, 0.3) is 0 Å². The Bertz CT molecular complexity index is 899. The van der Waals surface area contributed by atoms with Crippen LogP contribution in [0.3, 0.4) is 0 Å². The van der Waals surface area contributed by atoms with Crippen LogP contribution in [0.1, 0.15) is 0 Å². The SMILES string of the molecule is O=C1C(Cl)=C(Oc2ccccc2Cl)C(=O)C(Cl)=C1Oc1ccccc1Cl. The number of ether oxygens (including phenoxy) is 2. The maximum absolute atomic E-state index is 12.5. The first-order chi connectivity index (χ1) is 12.4. The Labute approximate surface area is 168 Å². The van der Waals surface area contributed by atoms with E-state index in [0.717, 1.165) is 0 Å². The minimum atomic E-state index is -0.807. The van der Waals surface area contributed by atoms with Gasteiger partial charge in [0.25, 0.3) is 0 Å². The van der Waals surface area contributed by atoms with E-state index < -0.39 is 33.1 Å². The van der Waals surface area contributed by atoms with Crippen molar-refractivity contribution < 1.29 is 19.1 Å². The molecule has 0 heterocycles. The minimum absolute atomic E-state index is 0.156. The smallest absolute Gasteiger partial charge is 0.245 e. The number of hydrogen-bond donors (Lipinski definition) is 0. The molecule has 1 aliphatic carbocycles. The molecule has 0 amide bonds. The Balaban J connectivity index is 1.95. The van der Waals surface area contributed by atoms with Gasteiger partial charge in [0.05, 0.1) is 10.0 Å². The van der Waals surface area contributed by atoms with Crippen LogP contribution in [0.5, 0.6) is 11.5 Å². The average Bonchev–Trinajstić information content (AvgIpc) is 2.63. The van der Waals surface area contributed by atoms with Crippen molar-refractivity contribution in [3.63, 3.8) is 0 Å². The van der Waals surface area contributed by atoms with Crippen LogP contribution in [0.15, 0.2) is 70.1 Å². The van der Waals surface area contributed by atoms with E-state index in [-0.39, 0.29) is 21.5 Å². The first-order valence-corrected chi connectivity index (χ1v) is 8.65. The second-order valence-corrected chi connectivity index (χ2v) is 6.58. The number of halogens is 4. The Morgan fingerprint density at radius 2 is 0.923 bits per heavy atom. The first kappa shape index (κ1) is 18.8. The van der Waals surface area contributed by atoms with Gasteiger partial charge in [-0.3, -0.25) is 9.59 Å². The fourth-order valence-electron chi connectivity index (χ4n) is 2.06. The summed E-state index contributed by atoms with van der Waals surface area (Å²) in [6.07, 6.45) is 0. The summed E-state index contributed by atoms with van der Waals surface area (Å²) in [5, 5.41) is -0.464. The van der Waals surface area contributed by atoms with Gasteiger partial charge in [-0.2, -0.15) is 0 Å². The molecule has 132 valence electrons. The first-order valence-electron chi connectivity index (χ1n) is 7.14. The predicted molar refractivity (Wildman–Crippen MR) is 99.9 cm³/mol. The fraction of sp³-hybridized carbons (Fsp3) is 0. The zero-order valence-electron chi connectivity index (χ0n) is 12.8. The molecule has 0 aromatic heterocycles. The molecule has 0 bridgehead atoms. The summed E-state index contributed by atoms with van der Waals surface area (Å²) in [5.41, 5.74) is 0. The standard InChI is InChI=1S/C18H8Cl4O4/c19-9-5-1-3-7-11(9)25-17-13(21)16(24)18(14(22)15(17)23)26-12-8-4-2-6-10(12)20/h1-8H. The van der Waals surface area contributed by atoms with E-state index in [4.69, 9.17) is 55.9 Å². The van der Waals surface area contributed by atoms with Crippen molar-refractivity contribution in [3.05, 3.63) is 80.2 Å². The van der Waals surface area contributed by atoms with Gasteiger partial charge in [0, 0.05) is 0 Å². The molecule has 1 aliphatic rings. The highest BCUT2D eigenvalue weighted by Gasteiger charge is 2.37.